The fourth-order valence-corrected chi connectivity index (χ4v) is 4.10. The van der Waals surface area contributed by atoms with Crippen LogP contribution >= 0.6 is 0 Å². The lowest BCUT2D eigenvalue weighted by molar-refractivity contribution is -0.274. The molecule has 1 saturated heterocycles. The molecule has 9 nitrogen and oxygen atoms in total. The van der Waals surface area contributed by atoms with Crippen LogP contribution in [0.1, 0.15) is 40.7 Å². The highest BCUT2D eigenvalue weighted by Gasteiger charge is 2.37. The number of likely N-dealkylation sites (tertiary alicyclic amines) is 1. The molecule has 4 aromatic rings. The molecule has 1 atom stereocenters. The average Bonchev–Trinajstić information content (AvgIpc) is 3.59. The first kappa shape index (κ1) is 22.6. The van der Waals surface area contributed by atoms with Crippen molar-refractivity contribution in [3.05, 3.63) is 71.9 Å². The quantitative estimate of drug-likeness (QED) is 0.411. The summed E-state index contributed by atoms with van der Waals surface area (Å²) in [6.45, 7) is 2.33. The number of halogens is 3. The van der Waals surface area contributed by atoms with Gasteiger partial charge in [-0.25, -0.2) is 0 Å². The molecular formula is C23H19F3N6O3. The summed E-state index contributed by atoms with van der Waals surface area (Å²) in [5.41, 5.74) is 1.86. The second-order valence-electron chi connectivity index (χ2n) is 8.00. The first-order valence-corrected chi connectivity index (χ1v) is 10.8. The number of hydrogen-bond donors (Lipinski definition) is 0. The van der Waals surface area contributed by atoms with Crippen LogP contribution in [0.5, 0.6) is 5.75 Å². The number of carbonyl (C=O) groups excluding carboxylic acids is 1. The first-order valence-electron chi connectivity index (χ1n) is 10.8. The zero-order chi connectivity index (χ0) is 24.6. The lowest BCUT2D eigenvalue weighted by atomic mass is 10.1. The van der Waals surface area contributed by atoms with Crippen molar-refractivity contribution < 1.29 is 27.2 Å². The van der Waals surface area contributed by atoms with Crippen molar-refractivity contribution >= 4 is 5.91 Å². The zero-order valence-corrected chi connectivity index (χ0v) is 18.4. The van der Waals surface area contributed by atoms with Crippen molar-refractivity contribution in [2.45, 2.75) is 32.2 Å². The number of aromatic nitrogens is 5. The number of carbonyl (C=O) groups is 1. The highest BCUT2D eigenvalue weighted by Crippen LogP contribution is 2.36. The molecule has 0 bridgehead atoms. The van der Waals surface area contributed by atoms with Crippen LogP contribution in [0, 0.1) is 6.92 Å². The van der Waals surface area contributed by atoms with Crippen LogP contribution in [0.25, 0.3) is 17.1 Å². The number of benzene rings is 2. The molecule has 0 spiro atoms. The number of rotatable bonds is 5. The molecule has 35 heavy (non-hydrogen) atoms. The van der Waals surface area contributed by atoms with Crippen LogP contribution in [0.4, 0.5) is 13.2 Å². The Morgan fingerprint density at radius 3 is 2.69 bits per heavy atom. The van der Waals surface area contributed by atoms with Crippen LogP contribution in [0.15, 0.2) is 59.4 Å². The van der Waals surface area contributed by atoms with Crippen LogP contribution < -0.4 is 4.74 Å². The molecule has 2 aromatic heterocycles. The van der Waals surface area contributed by atoms with Crippen molar-refractivity contribution in [3.63, 3.8) is 0 Å². The Morgan fingerprint density at radius 1 is 1.14 bits per heavy atom. The Kier molecular flexibility index (Phi) is 5.71. The van der Waals surface area contributed by atoms with E-state index >= 15 is 0 Å². The first-order chi connectivity index (χ1) is 16.8. The fourth-order valence-electron chi connectivity index (χ4n) is 4.10. The topological polar surface area (TPSA) is 99.2 Å². The normalized spacial score (nSPS) is 16.0. The van der Waals surface area contributed by atoms with E-state index < -0.39 is 18.2 Å². The summed E-state index contributed by atoms with van der Waals surface area (Å²) in [5, 5.41) is 12.1. The van der Waals surface area contributed by atoms with Crippen LogP contribution in [-0.4, -0.2) is 48.8 Å². The predicted octanol–water partition coefficient (Wildman–Crippen LogP) is 4.50. The summed E-state index contributed by atoms with van der Waals surface area (Å²) in [6.07, 6.45) is -0.565. The van der Waals surface area contributed by atoms with Gasteiger partial charge in [-0.2, -0.15) is 20.0 Å². The minimum absolute atomic E-state index is 0.0291. The zero-order valence-electron chi connectivity index (χ0n) is 18.4. The van der Waals surface area contributed by atoms with Gasteiger partial charge in [0.1, 0.15) is 11.8 Å². The number of hydrogen-bond acceptors (Lipinski definition) is 7. The molecule has 3 heterocycles. The standard InChI is InChI=1S/C23H19F3N6O3/c1-14-8-9-17(32-27-10-11-28-32)16(13-14)22(33)31-12-4-6-18(31)21-29-20(30-35-21)15-5-2-3-7-19(15)34-23(24,25)26/h2-3,5,7-11,13,18H,4,6,12H2,1H3/t18-/m0/s1. The van der Waals surface area contributed by atoms with Crippen molar-refractivity contribution in [2.75, 3.05) is 6.54 Å². The van der Waals surface area contributed by atoms with Crippen LogP contribution in [-0.2, 0) is 0 Å². The van der Waals surface area contributed by atoms with Gasteiger partial charge in [0, 0.05) is 6.54 Å². The van der Waals surface area contributed by atoms with Gasteiger partial charge < -0.3 is 14.2 Å². The van der Waals surface area contributed by atoms with E-state index in [1.54, 1.807) is 23.1 Å². The van der Waals surface area contributed by atoms with E-state index in [9.17, 15) is 18.0 Å². The van der Waals surface area contributed by atoms with E-state index in [2.05, 4.69) is 25.1 Å². The van der Waals surface area contributed by atoms with E-state index in [0.29, 0.717) is 30.6 Å². The second-order valence-corrected chi connectivity index (χ2v) is 8.00. The molecule has 5 rings (SSSR count). The third-order valence-corrected chi connectivity index (χ3v) is 5.61. The highest BCUT2D eigenvalue weighted by atomic mass is 19.4. The molecule has 12 heteroatoms. The van der Waals surface area contributed by atoms with Crippen molar-refractivity contribution in [1.82, 2.24) is 30.0 Å². The maximum absolute atomic E-state index is 13.6. The maximum atomic E-state index is 13.6. The van der Waals surface area contributed by atoms with Gasteiger partial charge in [0.2, 0.25) is 11.7 Å². The predicted molar refractivity (Wildman–Crippen MR) is 116 cm³/mol. The molecule has 0 radical (unpaired) electrons. The van der Waals surface area contributed by atoms with E-state index in [1.165, 1.54) is 35.4 Å². The molecule has 1 aliphatic rings. The van der Waals surface area contributed by atoms with Gasteiger partial charge in [-0.1, -0.05) is 28.9 Å². The Labute approximate surface area is 197 Å². The summed E-state index contributed by atoms with van der Waals surface area (Å²) in [4.78, 5) is 20.9. The average molecular weight is 484 g/mol. The number of amides is 1. The van der Waals surface area contributed by atoms with Gasteiger partial charge in [-0.3, -0.25) is 4.79 Å². The van der Waals surface area contributed by atoms with E-state index in [0.717, 1.165) is 5.56 Å². The third-order valence-electron chi connectivity index (χ3n) is 5.61. The summed E-state index contributed by atoms with van der Waals surface area (Å²) in [6, 6.07) is 10.4. The Hall–Kier alpha value is -4.22. The monoisotopic (exact) mass is 484 g/mol. The molecule has 0 unspecified atom stereocenters. The lowest BCUT2D eigenvalue weighted by Crippen LogP contribution is -2.31. The SMILES string of the molecule is Cc1ccc(-n2nccn2)c(C(=O)N2CCC[C@H]2c2nc(-c3ccccc3OC(F)(F)F)no2)c1. The van der Waals surface area contributed by atoms with Gasteiger partial charge in [-0.05, 0) is 44.0 Å². The van der Waals surface area contributed by atoms with E-state index in [4.69, 9.17) is 4.52 Å². The Bertz CT molecular complexity index is 1350. The Balaban J connectivity index is 1.45. The largest absolute Gasteiger partial charge is 0.573 e. The Morgan fingerprint density at radius 2 is 1.91 bits per heavy atom. The summed E-state index contributed by atoms with van der Waals surface area (Å²) in [5.74, 6) is -0.623. The van der Waals surface area contributed by atoms with E-state index in [1.807, 2.05) is 13.0 Å². The van der Waals surface area contributed by atoms with Crippen LogP contribution in [0.3, 0.4) is 0 Å². The summed E-state index contributed by atoms with van der Waals surface area (Å²) >= 11 is 0. The molecule has 1 fully saturated rings. The molecule has 1 aliphatic heterocycles. The molecule has 180 valence electrons. The second kappa shape index (κ2) is 8.85. The smallest absolute Gasteiger partial charge is 0.405 e. The number of nitrogens with zero attached hydrogens (tertiary/aromatic N) is 6. The van der Waals surface area contributed by atoms with Crippen molar-refractivity contribution in [1.29, 1.82) is 0 Å². The van der Waals surface area contributed by atoms with Gasteiger partial charge >= 0.3 is 6.36 Å². The van der Waals surface area contributed by atoms with E-state index in [-0.39, 0.29) is 23.2 Å². The summed E-state index contributed by atoms with van der Waals surface area (Å²) in [7, 11) is 0. The van der Waals surface area contributed by atoms with Gasteiger partial charge in [0.15, 0.2) is 0 Å². The molecular weight excluding hydrogens is 465 g/mol. The number of para-hydroxylation sites is 1. The minimum Gasteiger partial charge on any atom is -0.405 e. The number of aryl methyl sites for hydroxylation is 1. The fraction of sp³-hybridized carbons (Fsp3) is 0.261. The molecule has 0 saturated carbocycles. The maximum Gasteiger partial charge on any atom is 0.573 e. The molecule has 2 aromatic carbocycles. The highest BCUT2D eigenvalue weighted by molar-refractivity contribution is 5.98. The van der Waals surface area contributed by atoms with Crippen molar-refractivity contribution in [3.8, 4) is 22.8 Å². The van der Waals surface area contributed by atoms with Crippen molar-refractivity contribution in [2.24, 2.45) is 0 Å². The molecule has 0 aliphatic carbocycles. The lowest BCUT2D eigenvalue weighted by Gasteiger charge is -2.23. The van der Waals surface area contributed by atoms with Gasteiger partial charge in [0.25, 0.3) is 5.91 Å². The van der Waals surface area contributed by atoms with Gasteiger partial charge in [0.05, 0.1) is 29.2 Å². The van der Waals surface area contributed by atoms with Gasteiger partial charge in [-0.15, -0.1) is 13.2 Å². The minimum atomic E-state index is -4.87. The summed E-state index contributed by atoms with van der Waals surface area (Å²) < 4.78 is 47.9. The number of alkyl halides is 3. The third kappa shape index (κ3) is 4.59. The number of ether oxygens (including phenoxy) is 1. The molecule has 0 N–H and O–H groups in total. The molecule has 1 amide bonds. The van der Waals surface area contributed by atoms with Crippen LogP contribution in [0.2, 0.25) is 0 Å².